The van der Waals surface area contributed by atoms with Gasteiger partial charge in [0, 0.05) is 17.0 Å². The van der Waals surface area contributed by atoms with Crippen molar-refractivity contribution < 1.29 is 4.39 Å². The molecule has 1 aliphatic rings. The summed E-state index contributed by atoms with van der Waals surface area (Å²) in [4.78, 5) is 0. The van der Waals surface area contributed by atoms with Gasteiger partial charge < -0.3 is 5.32 Å². The van der Waals surface area contributed by atoms with Crippen LogP contribution >= 0.6 is 11.6 Å². The maximum Gasteiger partial charge on any atom is 0.124 e. The predicted octanol–water partition coefficient (Wildman–Crippen LogP) is 5.07. The Morgan fingerprint density at radius 3 is 2.50 bits per heavy atom. The lowest BCUT2D eigenvalue weighted by Crippen LogP contribution is -2.38. The third kappa shape index (κ3) is 3.73. The number of hydrogen-bond donors (Lipinski definition) is 1. The van der Waals surface area contributed by atoms with Gasteiger partial charge in [0.2, 0.25) is 0 Å². The van der Waals surface area contributed by atoms with E-state index in [1.807, 2.05) is 6.07 Å². The summed E-state index contributed by atoms with van der Waals surface area (Å²) in [5.41, 5.74) is 1.21. The van der Waals surface area contributed by atoms with Gasteiger partial charge in [-0.25, -0.2) is 4.39 Å². The Kier molecular flexibility index (Phi) is 5.86. The van der Waals surface area contributed by atoms with Gasteiger partial charge in [-0.1, -0.05) is 50.3 Å². The summed E-state index contributed by atoms with van der Waals surface area (Å²) in [6.07, 6.45) is 8.50. The van der Waals surface area contributed by atoms with Crippen LogP contribution < -0.4 is 5.32 Å². The molecule has 1 saturated carbocycles. The molecule has 0 aromatic heterocycles. The summed E-state index contributed by atoms with van der Waals surface area (Å²) < 4.78 is 13.3. The Labute approximate surface area is 126 Å². The van der Waals surface area contributed by atoms with Gasteiger partial charge in [-0.3, -0.25) is 0 Å². The SMILES string of the molecule is CCCNCC1(c2ccc(F)cc2Cl)CCCCCC1. The molecule has 0 heterocycles. The lowest BCUT2D eigenvalue weighted by atomic mass is 9.74. The van der Waals surface area contributed by atoms with Crippen molar-refractivity contribution in [1.29, 1.82) is 0 Å². The maximum absolute atomic E-state index is 13.3. The quantitative estimate of drug-likeness (QED) is 0.591. The van der Waals surface area contributed by atoms with E-state index in [1.165, 1.54) is 31.7 Å². The van der Waals surface area contributed by atoms with Gasteiger partial charge in [0.1, 0.15) is 5.82 Å². The first-order chi connectivity index (χ1) is 9.68. The van der Waals surface area contributed by atoms with Crippen molar-refractivity contribution >= 4 is 11.6 Å². The van der Waals surface area contributed by atoms with E-state index in [2.05, 4.69) is 12.2 Å². The summed E-state index contributed by atoms with van der Waals surface area (Å²) in [6.45, 7) is 4.16. The molecule has 1 fully saturated rings. The van der Waals surface area contributed by atoms with E-state index in [0.717, 1.165) is 37.9 Å². The van der Waals surface area contributed by atoms with Crippen LogP contribution in [0.1, 0.15) is 57.4 Å². The van der Waals surface area contributed by atoms with Crippen molar-refractivity contribution in [3.05, 3.63) is 34.6 Å². The van der Waals surface area contributed by atoms with Gasteiger partial charge in [0.25, 0.3) is 0 Å². The second kappa shape index (κ2) is 7.42. The number of hydrogen-bond acceptors (Lipinski definition) is 1. The molecule has 0 radical (unpaired) electrons. The molecule has 2 rings (SSSR count). The molecule has 0 aliphatic heterocycles. The van der Waals surface area contributed by atoms with Crippen LogP contribution in [-0.2, 0) is 5.41 Å². The maximum atomic E-state index is 13.3. The Hall–Kier alpha value is -0.600. The van der Waals surface area contributed by atoms with Crippen LogP contribution in [0.25, 0.3) is 0 Å². The number of halogens is 2. The molecule has 112 valence electrons. The molecule has 1 nitrogen and oxygen atoms in total. The molecular formula is C17H25ClFN. The molecule has 0 bridgehead atoms. The molecule has 1 N–H and O–H groups in total. The van der Waals surface area contributed by atoms with Crippen molar-refractivity contribution in [2.24, 2.45) is 0 Å². The average molecular weight is 298 g/mol. The first-order valence-electron chi connectivity index (χ1n) is 7.84. The smallest absolute Gasteiger partial charge is 0.124 e. The minimum absolute atomic E-state index is 0.0798. The third-order valence-electron chi connectivity index (χ3n) is 4.45. The van der Waals surface area contributed by atoms with Crippen LogP contribution in [0.2, 0.25) is 5.02 Å². The van der Waals surface area contributed by atoms with Crippen molar-refractivity contribution in [2.75, 3.05) is 13.1 Å². The van der Waals surface area contributed by atoms with E-state index in [4.69, 9.17) is 11.6 Å². The highest BCUT2D eigenvalue weighted by atomic mass is 35.5. The van der Waals surface area contributed by atoms with Crippen molar-refractivity contribution in [1.82, 2.24) is 5.32 Å². The zero-order valence-electron chi connectivity index (χ0n) is 12.4. The highest BCUT2D eigenvalue weighted by molar-refractivity contribution is 6.31. The third-order valence-corrected chi connectivity index (χ3v) is 4.77. The van der Waals surface area contributed by atoms with Gasteiger partial charge in [0.15, 0.2) is 0 Å². The van der Waals surface area contributed by atoms with Gasteiger partial charge >= 0.3 is 0 Å². The molecule has 1 aromatic rings. The highest BCUT2D eigenvalue weighted by Gasteiger charge is 2.34. The molecule has 0 atom stereocenters. The predicted molar refractivity (Wildman–Crippen MR) is 84.0 cm³/mol. The first-order valence-corrected chi connectivity index (χ1v) is 8.22. The summed E-state index contributed by atoms with van der Waals surface area (Å²) in [5, 5.41) is 4.15. The molecular weight excluding hydrogens is 273 g/mol. The molecule has 3 heteroatoms. The van der Waals surface area contributed by atoms with Gasteiger partial charge in [-0.15, -0.1) is 0 Å². The summed E-state index contributed by atoms with van der Waals surface area (Å²) in [5.74, 6) is -0.246. The van der Waals surface area contributed by atoms with Gasteiger partial charge in [0.05, 0.1) is 0 Å². The summed E-state index contributed by atoms with van der Waals surface area (Å²) in [7, 11) is 0. The molecule has 1 aliphatic carbocycles. The second-order valence-corrected chi connectivity index (χ2v) is 6.40. The molecule has 1 aromatic carbocycles. The van der Waals surface area contributed by atoms with Crippen LogP contribution in [0.15, 0.2) is 18.2 Å². The zero-order valence-corrected chi connectivity index (χ0v) is 13.1. The molecule has 0 spiro atoms. The fourth-order valence-electron chi connectivity index (χ4n) is 3.37. The topological polar surface area (TPSA) is 12.0 Å². The van der Waals surface area contributed by atoms with Crippen molar-refractivity contribution in [3.63, 3.8) is 0 Å². The van der Waals surface area contributed by atoms with E-state index in [9.17, 15) is 4.39 Å². The Morgan fingerprint density at radius 1 is 1.20 bits per heavy atom. The van der Waals surface area contributed by atoms with E-state index in [0.29, 0.717) is 5.02 Å². The Morgan fingerprint density at radius 2 is 1.90 bits per heavy atom. The highest BCUT2D eigenvalue weighted by Crippen LogP contribution is 2.41. The summed E-state index contributed by atoms with van der Waals surface area (Å²) in [6, 6.07) is 4.91. The lowest BCUT2D eigenvalue weighted by molar-refractivity contribution is 0.347. The first kappa shape index (κ1) is 15.8. The monoisotopic (exact) mass is 297 g/mol. The molecule has 0 unspecified atom stereocenters. The fraction of sp³-hybridized carbons (Fsp3) is 0.647. The molecule has 0 amide bonds. The Balaban J connectivity index is 2.28. The van der Waals surface area contributed by atoms with E-state index in [1.54, 1.807) is 6.07 Å². The standard InChI is InChI=1S/C17H25ClFN/c1-2-11-20-13-17(9-5-3-4-6-10-17)15-8-7-14(19)12-16(15)18/h7-8,12,20H,2-6,9-11,13H2,1H3. The van der Waals surface area contributed by atoms with Crippen LogP contribution in [-0.4, -0.2) is 13.1 Å². The zero-order chi connectivity index (χ0) is 14.4. The average Bonchev–Trinajstić information content (AvgIpc) is 2.65. The van der Waals surface area contributed by atoms with Crippen LogP contribution in [0.3, 0.4) is 0 Å². The van der Waals surface area contributed by atoms with Crippen LogP contribution in [0, 0.1) is 5.82 Å². The second-order valence-electron chi connectivity index (χ2n) is 6.00. The summed E-state index contributed by atoms with van der Waals surface area (Å²) >= 11 is 6.35. The molecule has 20 heavy (non-hydrogen) atoms. The van der Waals surface area contributed by atoms with Gasteiger partial charge in [-0.2, -0.15) is 0 Å². The fourth-order valence-corrected chi connectivity index (χ4v) is 3.74. The number of rotatable bonds is 5. The van der Waals surface area contributed by atoms with E-state index >= 15 is 0 Å². The normalized spacial score (nSPS) is 18.8. The van der Waals surface area contributed by atoms with E-state index < -0.39 is 0 Å². The lowest BCUT2D eigenvalue weighted by Gasteiger charge is -2.34. The van der Waals surface area contributed by atoms with E-state index in [-0.39, 0.29) is 11.2 Å². The number of benzene rings is 1. The van der Waals surface area contributed by atoms with Gasteiger partial charge in [-0.05, 0) is 43.5 Å². The van der Waals surface area contributed by atoms with Crippen LogP contribution in [0.5, 0.6) is 0 Å². The number of nitrogens with one attached hydrogen (secondary N) is 1. The Bertz CT molecular complexity index is 425. The van der Waals surface area contributed by atoms with Crippen molar-refractivity contribution in [3.8, 4) is 0 Å². The minimum Gasteiger partial charge on any atom is -0.316 e. The largest absolute Gasteiger partial charge is 0.316 e. The van der Waals surface area contributed by atoms with Crippen LogP contribution in [0.4, 0.5) is 4.39 Å². The molecule has 0 saturated heterocycles. The minimum atomic E-state index is -0.246. The van der Waals surface area contributed by atoms with Crippen molar-refractivity contribution in [2.45, 2.75) is 57.3 Å².